The van der Waals surface area contributed by atoms with Gasteiger partial charge in [0.2, 0.25) is 11.8 Å². The summed E-state index contributed by atoms with van der Waals surface area (Å²) in [7, 11) is 1.54. The molecule has 0 atom stereocenters. The van der Waals surface area contributed by atoms with E-state index < -0.39 is 5.95 Å². The molecule has 0 aliphatic heterocycles. The number of hydrogen-bond acceptors (Lipinski definition) is 6. The molecule has 0 spiro atoms. The van der Waals surface area contributed by atoms with Crippen LogP contribution in [0.2, 0.25) is 0 Å². The lowest BCUT2D eigenvalue weighted by Gasteiger charge is -2.11. The monoisotopic (exact) mass is 395 g/mol. The van der Waals surface area contributed by atoms with Crippen LogP contribution in [0.15, 0.2) is 47.4 Å². The topological polar surface area (TPSA) is 92.7 Å². The van der Waals surface area contributed by atoms with E-state index in [1.807, 2.05) is 19.1 Å². The molecule has 3 heterocycles. The first-order valence-corrected chi connectivity index (χ1v) is 8.84. The van der Waals surface area contributed by atoms with Crippen LogP contribution >= 0.6 is 0 Å². The predicted octanol–water partition coefficient (Wildman–Crippen LogP) is 1.88. The van der Waals surface area contributed by atoms with Crippen LogP contribution < -0.4 is 10.4 Å². The molecule has 0 radical (unpaired) electrons. The molecular formula is C19H18FN7O2. The Kier molecular flexibility index (Phi) is 4.67. The largest absolute Gasteiger partial charge is 0.472 e. The second-order valence-electron chi connectivity index (χ2n) is 6.50. The lowest BCUT2D eigenvalue weighted by atomic mass is 10.1. The first-order chi connectivity index (χ1) is 13.9. The number of rotatable bonds is 5. The van der Waals surface area contributed by atoms with Gasteiger partial charge in [-0.15, -0.1) is 5.10 Å². The maximum Gasteiger partial charge on any atom is 0.368 e. The van der Waals surface area contributed by atoms with E-state index in [4.69, 9.17) is 4.74 Å². The molecule has 0 saturated carbocycles. The average Bonchev–Trinajstić information content (AvgIpc) is 3.28. The molecule has 0 saturated heterocycles. The summed E-state index contributed by atoms with van der Waals surface area (Å²) in [5.41, 5.74) is 3.16. The molecule has 4 rings (SSSR count). The molecule has 0 aliphatic carbocycles. The Morgan fingerprint density at radius 1 is 1.07 bits per heavy atom. The number of pyridine rings is 1. The number of benzene rings is 1. The molecule has 0 amide bonds. The fourth-order valence-electron chi connectivity index (χ4n) is 2.97. The second kappa shape index (κ2) is 7.30. The van der Waals surface area contributed by atoms with Crippen LogP contribution in [-0.2, 0) is 13.7 Å². The highest BCUT2D eigenvalue weighted by Gasteiger charge is 2.14. The number of aromatic nitrogens is 7. The molecular weight excluding hydrogens is 377 g/mol. The predicted molar refractivity (Wildman–Crippen MR) is 102 cm³/mol. The normalized spacial score (nSPS) is 11.0. The average molecular weight is 395 g/mol. The Morgan fingerprint density at radius 2 is 1.90 bits per heavy atom. The maximum atomic E-state index is 13.2. The Balaban J connectivity index is 1.60. The summed E-state index contributed by atoms with van der Waals surface area (Å²) in [5.74, 6) is -0.157. The number of aryl methyl sites for hydroxylation is 3. The molecule has 4 aromatic rings. The van der Waals surface area contributed by atoms with Crippen molar-refractivity contribution in [1.82, 2.24) is 34.6 Å². The molecule has 0 fully saturated rings. The van der Waals surface area contributed by atoms with Gasteiger partial charge >= 0.3 is 5.69 Å². The number of ether oxygens (including phenoxy) is 1. The summed E-state index contributed by atoms with van der Waals surface area (Å²) in [5, 5.41) is 12.0. The third-order valence-corrected chi connectivity index (χ3v) is 4.54. The standard InChI is InChI=1S/C19H18FN7O2/c1-12-5-4-6-16(27-19(28)25(3)23-24-27)14(12)11-29-18-9-10-26(22-18)15-7-8-17(20)21-13(15)2/h4-10H,11H2,1-3H3. The first-order valence-electron chi connectivity index (χ1n) is 8.84. The van der Waals surface area contributed by atoms with Gasteiger partial charge in [0.05, 0.1) is 17.1 Å². The summed E-state index contributed by atoms with van der Waals surface area (Å²) in [6, 6.07) is 10.1. The van der Waals surface area contributed by atoms with Crippen molar-refractivity contribution in [1.29, 1.82) is 0 Å². The van der Waals surface area contributed by atoms with Crippen molar-refractivity contribution >= 4 is 0 Å². The van der Waals surface area contributed by atoms with Crippen LogP contribution in [0.5, 0.6) is 5.88 Å². The molecule has 10 heteroatoms. The molecule has 3 aromatic heterocycles. The number of halogens is 1. The van der Waals surface area contributed by atoms with Gasteiger partial charge in [0.1, 0.15) is 6.61 Å². The van der Waals surface area contributed by atoms with Gasteiger partial charge in [-0.3, -0.25) is 0 Å². The zero-order valence-corrected chi connectivity index (χ0v) is 16.1. The highest BCUT2D eigenvalue weighted by Crippen LogP contribution is 2.20. The molecule has 9 nitrogen and oxygen atoms in total. The van der Waals surface area contributed by atoms with E-state index in [1.54, 1.807) is 36.0 Å². The fourth-order valence-corrected chi connectivity index (χ4v) is 2.97. The maximum absolute atomic E-state index is 13.2. The van der Waals surface area contributed by atoms with Crippen molar-refractivity contribution in [3.8, 4) is 17.3 Å². The van der Waals surface area contributed by atoms with Crippen LogP contribution in [0.4, 0.5) is 4.39 Å². The third-order valence-electron chi connectivity index (χ3n) is 4.54. The van der Waals surface area contributed by atoms with Gasteiger partial charge in [0.25, 0.3) is 0 Å². The van der Waals surface area contributed by atoms with E-state index in [-0.39, 0.29) is 12.3 Å². The van der Waals surface area contributed by atoms with E-state index >= 15 is 0 Å². The van der Waals surface area contributed by atoms with Crippen molar-refractivity contribution < 1.29 is 9.13 Å². The van der Waals surface area contributed by atoms with Crippen LogP contribution in [0.3, 0.4) is 0 Å². The Bertz CT molecular complexity index is 1240. The van der Waals surface area contributed by atoms with Gasteiger partial charge in [-0.2, -0.15) is 13.8 Å². The molecule has 0 N–H and O–H groups in total. The van der Waals surface area contributed by atoms with Gasteiger partial charge < -0.3 is 4.74 Å². The van der Waals surface area contributed by atoms with Crippen molar-refractivity contribution in [2.75, 3.05) is 0 Å². The lowest BCUT2D eigenvalue weighted by molar-refractivity contribution is 0.290. The SMILES string of the molecule is Cc1cccc(-n2nnn(C)c2=O)c1COc1ccn(-c2ccc(F)nc2C)n1. The third kappa shape index (κ3) is 3.51. The Morgan fingerprint density at radius 3 is 2.62 bits per heavy atom. The van der Waals surface area contributed by atoms with Crippen molar-refractivity contribution in [2.24, 2.45) is 7.05 Å². The quantitative estimate of drug-likeness (QED) is 0.479. The van der Waals surface area contributed by atoms with Crippen molar-refractivity contribution in [3.05, 3.63) is 75.8 Å². The van der Waals surface area contributed by atoms with Gasteiger partial charge in [0.15, 0.2) is 0 Å². The number of tetrazole rings is 1. The minimum absolute atomic E-state index is 0.183. The van der Waals surface area contributed by atoms with E-state index in [9.17, 15) is 9.18 Å². The molecule has 0 unspecified atom stereocenters. The minimum atomic E-state index is -0.541. The summed E-state index contributed by atoms with van der Waals surface area (Å²) < 4.78 is 23.0. The summed E-state index contributed by atoms with van der Waals surface area (Å²) >= 11 is 0. The summed E-state index contributed by atoms with van der Waals surface area (Å²) in [4.78, 5) is 16.0. The number of hydrogen-bond donors (Lipinski definition) is 0. The zero-order valence-electron chi connectivity index (χ0n) is 16.1. The summed E-state index contributed by atoms with van der Waals surface area (Å²) in [6.45, 7) is 3.82. The van der Waals surface area contributed by atoms with Gasteiger partial charge in [-0.05, 0) is 48.0 Å². The van der Waals surface area contributed by atoms with E-state index in [0.29, 0.717) is 22.9 Å². The summed E-state index contributed by atoms with van der Waals surface area (Å²) in [6.07, 6.45) is 1.71. The number of nitrogens with zero attached hydrogens (tertiary/aromatic N) is 7. The highest BCUT2D eigenvalue weighted by atomic mass is 19.1. The highest BCUT2D eigenvalue weighted by molar-refractivity contribution is 5.44. The van der Waals surface area contributed by atoms with Crippen LogP contribution in [-0.4, -0.2) is 34.6 Å². The van der Waals surface area contributed by atoms with Gasteiger partial charge in [0, 0.05) is 24.9 Å². The van der Waals surface area contributed by atoms with Crippen molar-refractivity contribution in [3.63, 3.8) is 0 Å². The second-order valence-corrected chi connectivity index (χ2v) is 6.50. The van der Waals surface area contributed by atoms with Crippen molar-refractivity contribution in [2.45, 2.75) is 20.5 Å². The van der Waals surface area contributed by atoms with E-state index in [2.05, 4.69) is 20.5 Å². The molecule has 1 aromatic carbocycles. The molecule has 148 valence electrons. The van der Waals surface area contributed by atoms with Crippen LogP contribution in [0, 0.1) is 19.8 Å². The molecule has 29 heavy (non-hydrogen) atoms. The smallest absolute Gasteiger partial charge is 0.368 e. The Labute approximate surface area is 165 Å². The van der Waals surface area contributed by atoms with E-state index in [1.165, 1.54) is 17.8 Å². The molecule has 0 bridgehead atoms. The van der Waals surface area contributed by atoms with Gasteiger partial charge in [-0.25, -0.2) is 14.5 Å². The van der Waals surface area contributed by atoms with E-state index in [0.717, 1.165) is 15.8 Å². The lowest BCUT2D eigenvalue weighted by Crippen LogP contribution is -2.23. The Hall–Kier alpha value is -3.82. The zero-order chi connectivity index (χ0) is 20.5. The van der Waals surface area contributed by atoms with Gasteiger partial charge in [-0.1, -0.05) is 12.1 Å². The minimum Gasteiger partial charge on any atom is -0.472 e. The fraction of sp³-hybridized carbons (Fsp3) is 0.211. The van der Waals surface area contributed by atoms with Crippen LogP contribution in [0.1, 0.15) is 16.8 Å². The molecule has 0 aliphatic rings. The first kappa shape index (κ1) is 18.5. The van der Waals surface area contributed by atoms with Crippen LogP contribution in [0.25, 0.3) is 11.4 Å².